The Balaban J connectivity index is 2.45. The fraction of sp³-hybridized carbons (Fsp3) is 1.00. The zero-order valence-corrected chi connectivity index (χ0v) is 4.70. The quantitative estimate of drug-likeness (QED) is 0.277. The van der Waals surface area contributed by atoms with Crippen LogP contribution in [0.15, 0.2) is 0 Å². The number of hydrogen-bond donors (Lipinski definition) is 2. The van der Waals surface area contributed by atoms with Gasteiger partial charge in [-0.15, -0.1) is 0 Å². The van der Waals surface area contributed by atoms with Crippen molar-refractivity contribution in [2.24, 2.45) is 0 Å². The van der Waals surface area contributed by atoms with Crippen molar-refractivity contribution in [1.82, 2.24) is 10.6 Å². The lowest BCUT2D eigenvalue weighted by atomic mass is 10.1. The van der Waals surface area contributed by atoms with E-state index >= 15 is 0 Å². The van der Waals surface area contributed by atoms with Gasteiger partial charge in [0.1, 0.15) is 0 Å². The number of rotatable bonds is 4. The SMILES string of the molecule is [B]CCNCNC. The molecule has 40 valence electrons. The maximum absolute atomic E-state index is 5.18. The summed E-state index contributed by atoms with van der Waals surface area (Å²) in [6.07, 6.45) is 0.710. The Morgan fingerprint density at radius 2 is 2.29 bits per heavy atom. The average molecular weight is 98.0 g/mol. The molecule has 0 amide bonds. The van der Waals surface area contributed by atoms with E-state index in [1.54, 1.807) is 0 Å². The van der Waals surface area contributed by atoms with Gasteiger partial charge < -0.3 is 10.6 Å². The molecule has 7 heavy (non-hydrogen) atoms. The topological polar surface area (TPSA) is 24.1 Å². The van der Waals surface area contributed by atoms with Crippen molar-refractivity contribution in [2.45, 2.75) is 6.32 Å². The maximum Gasteiger partial charge on any atom is 0.0670 e. The lowest BCUT2D eigenvalue weighted by molar-refractivity contribution is 0.655. The highest BCUT2D eigenvalue weighted by Crippen LogP contribution is 1.60. The summed E-state index contributed by atoms with van der Waals surface area (Å²) in [6, 6.07) is 0. The third-order valence-electron chi connectivity index (χ3n) is 0.623. The fourth-order valence-corrected chi connectivity index (χ4v) is 0.315. The minimum atomic E-state index is 0.710. The molecule has 0 saturated carbocycles. The first kappa shape index (κ1) is 6.98. The summed E-state index contributed by atoms with van der Waals surface area (Å²) in [5.74, 6) is 0. The molecule has 0 aliphatic rings. The minimum absolute atomic E-state index is 0.710. The summed E-state index contributed by atoms with van der Waals surface area (Å²) in [4.78, 5) is 0. The Labute approximate surface area is 46.1 Å². The zero-order chi connectivity index (χ0) is 5.54. The molecule has 0 saturated heterocycles. The van der Waals surface area contributed by atoms with Gasteiger partial charge in [0.05, 0.1) is 7.85 Å². The van der Waals surface area contributed by atoms with E-state index in [1.165, 1.54) is 0 Å². The highest BCUT2D eigenvalue weighted by molar-refractivity contribution is 6.08. The van der Waals surface area contributed by atoms with Gasteiger partial charge in [-0.2, -0.15) is 0 Å². The summed E-state index contributed by atoms with van der Waals surface area (Å²) in [5.41, 5.74) is 0. The molecule has 2 nitrogen and oxygen atoms in total. The van der Waals surface area contributed by atoms with Gasteiger partial charge in [0.15, 0.2) is 0 Å². The molecule has 0 fully saturated rings. The van der Waals surface area contributed by atoms with Crippen LogP contribution in [0, 0.1) is 0 Å². The van der Waals surface area contributed by atoms with Gasteiger partial charge in [0, 0.05) is 6.67 Å². The summed E-state index contributed by atoms with van der Waals surface area (Å²) in [6.45, 7) is 1.73. The first-order valence-corrected chi connectivity index (χ1v) is 2.47. The van der Waals surface area contributed by atoms with Crippen LogP contribution in [0.3, 0.4) is 0 Å². The van der Waals surface area contributed by atoms with Crippen LogP contribution in [-0.4, -0.2) is 28.1 Å². The molecule has 0 aromatic heterocycles. The molecule has 0 aliphatic heterocycles. The van der Waals surface area contributed by atoms with Gasteiger partial charge in [-0.1, -0.05) is 6.32 Å². The molecule has 0 heterocycles. The zero-order valence-electron chi connectivity index (χ0n) is 4.70. The molecule has 0 rings (SSSR count). The van der Waals surface area contributed by atoms with Crippen LogP contribution in [0.5, 0.6) is 0 Å². The Hall–Kier alpha value is -0.0151. The molecule has 3 heteroatoms. The van der Waals surface area contributed by atoms with Crippen molar-refractivity contribution in [3.05, 3.63) is 0 Å². The standard InChI is InChI=1S/C4H11BN2/c1-6-4-7-3-2-5/h6-7H,2-4H2,1H3. The molecule has 0 aromatic rings. The van der Waals surface area contributed by atoms with E-state index in [-0.39, 0.29) is 0 Å². The van der Waals surface area contributed by atoms with Crippen LogP contribution in [0.25, 0.3) is 0 Å². The van der Waals surface area contributed by atoms with E-state index < -0.39 is 0 Å². The van der Waals surface area contributed by atoms with Crippen LogP contribution in [0.2, 0.25) is 6.32 Å². The van der Waals surface area contributed by atoms with Crippen molar-refractivity contribution in [3.8, 4) is 0 Å². The first-order chi connectivity index (χ1) is 3.41. The van der Waals surface area contributed by atoms with Crippen molar-refractivity contribution >= 4 is 7.85 Å². The van der Waals surface area contributed by atoms with Gasteiger partial charge in [0.2, 0.25) is 0 Å². The van der Waals surface area contributed by atoms with Crippen LogP contribution < -0.4 is 10.6 Å². The third-order valence-corrected chi connectivity index (χ3v) is 0.623. The Kier molecular flexibility index (Phi) is 5.97. The highest BCUT2D eigenvalue weighted by Gasteiger charge is 1.75. The van der Waals surface area contributed by atoms with Gasteiger partial charge in [-0.3, -0.25) is 0 Å². The van der Waals surface area contributed by atoms with E-state index in [1.807, 2.05) is 7.05 Å². The maximum atomic E-state index is 5.18. The van der Waals surface area contributed by atoms with E-state index in [2.05, 4.69) is 10.6 Å². The smallest absolute Gasteiger partial charge is 0.0670 e. The van der Waals surface area contributed by atoms with Gasteiger partial charge in [0.25, 0.3) is 0 Å². The first-order valence-electron chi connectivity index (χ1n) is 2.47. The highest BCUT2D eigenvalue weighted by atomic mass is 15.0. The molecule has 0 aliphatic carbocycles. The van der Waals surface area contributed by atoms with Crippen molar-refractivity contribution in [3.63, 3.8) is 0 Å². The van der Waals surface area contributed by atoms with Crippen LogP contribution in [0.1, 0.15) is 0 Å². The molecule has 0 aromatic carbocycles. The van der Waals surface area contributed by atoms with Crippen LogP contribution in [0.4, 0.5) is 0 Å². The van der Waals surface area contributed by atoms with Crippen molar-refractivity contribution < 1.29 is 0 Å². The van der Waals surface area contributed by atoms with E-state index in [9.17, 15) is 0 Å². The lowest BCUT2D eigenvalue weighted by Gasteiger charge is -1.97. The predicted molar refractivity (Wildman–Crippen MR) is 32.5 cm³/mol. The monoisotopic (exact) mass is 98.1 g/mol. The average Bonchev–Trinajstić information content (AvgIpc) is 1.69. The van der Waals surface area contributed by atoms with Crippen molar-refractivity contribution in [2.75, 3.05) is 20.3 Å². The summed E-state index contributed by atoms with van der Waals surface area (Å²) >= 11 is 0. The molecule has 2 radical (unpaired) electrons. The Morgan fingerprint density at radius 1 is 1.57 bits per heavy atom. The third kappa shape index (κ3) is 5.98. The second-order valence-electron chi connectivity index (χ2n) is 1.32. The molecule has 0 spiro atoms. The van der Waals surface area contributed by atoms with Crippen LogP contribution >= 0.6 is 0 Å². The summed E-state index contributed by atoms with van der Waals surface area (Å²) in [7, 11) is 7.07. The summed E-state index contributed by atoms with van der Waals surface area (Å²) in [5, 5.41) is 5.98. The van der Waals surface area contributed by atoms with E-state index in [0.29, 0.717) is 6.32 Å². The summed E-state index contributed by atoms with van der Waals surface area (Å²) < 4.78 is 0. The van der Waals surface area contributed by atoms with E-state index in [0.717, 1.165) is 13.2 Å². The van der Waals surface area contributed by atoms with Crippen LogP contribution in [-0.2, 0) is 0 Å². The lowest BCUT2D eigenvalue weighted by Crippen LogP contribution is -2.26. The second kappa shape index (κ2) is 5.98. The molecule has 0 bridgehead atoms. The van der Waals surface area contributed by atoms with E-state index in [4.69, 9.17) is 7.85 Å². The second-order valence-corrected chi connectivity index (χ2v) is 1.32. The molecular formula is C4H11BN2. The molecule has 0 atom stereocenters. The van der Waals surface area contributed by atoms with Gasteiger partial charge in [-0.25, -0.2) is 0 Å². The molecule has 0 unspecified atom stereocenters. The fourth-order valence-electron chi connectivity index (χ4n) is 0.315. The largest absolute Gasteiger partial charge is 0.308 e. The Morgan fingerprint density at radius 3 is 2.71 bits per heavy atom. The Bertz CT molecular complexity index is 28.9. The molecule has 2 N–H and O–H groups in total. The van der Waals surface area contributed by atoms with Gasteiger partial charge >= 0.3 is 0 Å². The predicted octanol–water partition coefficient (Wildman–Crippen LogP) is -0.660. The van der Waals surface area contributed by atoms with Crippen molar-refractivity contribution in [1.29, 1.82) is 0 Å². The number of hydrogen-bond acceptors (Lipinski definition) is 2. The minimum Gasteiger partial charge on any atom is -0.308 e. The normalized spacial score (nSPS) is 9.29. The number of nitrogens with one attached hydrogen (secondary N) is 2. The molecular weight excluding hydrogens is 86.9 g/mol. The van der Waals surface area contributed by atoms with Gasteiger partial charge in [-0.05, 0) is 13.6 Å².